The maximum atomic E-state index is 10.8. The first-order valence-electron chi connectivity index (χ1n) is 6.67. The molecule has 0 heterocycles. The van der Waals surface area contributed by atoms with Crippen LogP contribution in [0.2, 0.25) is 0 Å². The molecule has 3 aromatic carbocycles. The highest BCUT2D eigenvalue weighted by atomic mass is 16.6. The van der Waals surface area contributed by atoms with Crippen LogP contribution in [0.5, 0.6) is 11.5 Å². The maximum absolute atomic E-state index is 10.8. The van der Waals surface area contributed by atoms with E-state index in [1.807, 2.05) is 12.1 Å². The topological polar surface area (TPSA) is 108 Å². The molecule has 7 nitrogen and oxygen atoms in total. The van der Waals surface area contributed by atoms with Gasteiger partial charge in [-0.25, -0.2) is 0 Å². The predicted molar refractivity (Wildman–Crippen MR) is 84.6 cm³/mol. The molecule has 7 heteroatoms. The molecule has 0 aromatic heterocycles. The van der Waals surface area contributed by atoms with Crippen molar-refractivity contribution >= 4 is 27.8 Å². The summed E-state index contributed by atoms with van der Waals surface area (Å²) >= 11 is 0. The summed E-state index contributed by atoms with van der Waals surface area (Å²) in [6.07, 6.45) is 0. The van der Waals surface area contributed by atoms with Crippen molar-refractivity contribution in [1.29, 1.82) is 0 Å². The highest BCUT2D eigenvalue weighted by Crippen LogP contribution is 2.39. The Morgan fingerprint density at radius 2 is 1.70 bits per heavy atom. The molecule has 0 saturated heterocycles. The molecule has 2 N–H and O–H groups in total. The van der Waals surface area contributed by atoms with E-state index in [0.717, 1.165) is 5.39 Å². The summed E-state index contributed by atoms with van der Waals surface area (Å²) in [5.41, 5.74) is -0.274. The number of nitro benzene ring substituents is 1. The van der Waals surface area contributed by atoms with Crippen LogP contribution < -0.4 is 0 Å². The average Bonchev–Trinajstić information content (AvgIpc) is 2.55. The standard InChI is InChI=1S/C16H11N3O4/c20-14-9-8-10-4-1-2-5-11(10)15(14)18-17-12-6-3-7-13(16(12)21)19(22)23/h1-9,20-21H. The van der Waals surface area contributed by atoms with Crippen LogP contribution in [0.15, 0.2) is 64.8 Å². The molecule has 0 aliphatic heterocycles. The Hall–Kier alpha value is -3.48. The van der Waals surface area contributed by atoms with Crippen molar-refractivity contribution in [2.45, 2.75) is 0 Å². The number of benzene rings is 3. The molecule has 0 aliphatic carbocycles. The van der Waals surface area contributed by atoms with Crippen LogP contribution >= 0.6 is 0 Å². The smallest absolute Gasteiger partial charge is 0.313 e. The zero-order valence-electron chi connectivity index (χ0n) is 11.7. The minimum Gasteiger partial charge on any atom is -0.506 e. The Kier molecular flexibility index (Phi) is 3.60. The molecule has 0 radical (unpaired) electrons. The number of phenolic OH excluding ortho intramolecular Hbond substituents is 2. The molecule has 0 saturated carbocycles. The van der Waals surface area contributed by atoms with Gasteiger partial charge in [-0.3, -0.25) is 10.1 Å². The molecule has 0 bridgehead atoms. The number of nitro groups is 1. The monoisotopic (exact) mass is 309 g/mol. The van der Waals surface area contributed by atoms with Gasteiger partial charge in [0.2, 0.25) is 5.75 Å². The fraction of sp³-hybridized carbons (Fsp3) is 0. The molecule has 0 fully saturated rings. The number of hydrogen-bond acceptors (Lipinski definition) is 6. The third-order valence-electron chi connectivity index (χ3n) is 3.33. The van der Waals surface area contributed by atoms with Gasteiger partial charge in [0.05, 0.1) is 4.92 Å². The molecule has 0 unspecified atom stereocenters. The lowest BCUT2D eigenvalue weighted by Gasteiger charge is -2.04. The summed E-state index contributed by atoms with van der Waals surface area (Å²) in [6, 6.07) is 14.5. The predicted octanol–water partition coefficient (Wildman–Crippen LogP) is 4.57. The second-order valence-electron chi connectivity index (χ2n) is 4.76. The molecule has 114 valence electrons. The van der Waals surface area contributed by atoms with Gasteiger partial charge >= 0.3 is 5.69 Å². The Bertz CT molecular complexity index is 938. The minimum atomic E-state index is -0.705. The number of para-hydroxylation sites is 1. The highest BCUT2D eigenvalue weighted by molar-refractivity contribution is 5.95. The lowest BCUT2D eigenvalue weighted by molar-refractivity contribution is -0.385. The third-order valence-corrected chi connectivity index (χ3v) is 3.33. The number of azo groups is 1. The number of rotatable bonds is 3. The van der Waals surface area contributed by atoms with Crippen LogP contribution in [0.25, 0.3) is 10.8 Å². The van der Waals surface area contributed by atoms with Gasteiger partial charge in [0.15, 0.2) is 0 Å². The largest absolute Gasteiger partial charge is 0.506 e. The van der Waals surface area contributed by atoms with E-state index in [1.165, 1.54) is 24.3 Å². The van der Waals surface area contributed by atoms with E-state index >= 15 is 0 Å². The number of nitrogens with zero attached hydrogens (tertiary/aromatic N) is 3. The number of phenols is 2. The molecule has 0 spiro atoms. The SMILES string of the molecule is O=[N+]([O-])c1cccc(N=Nc2c(O)ccc3ccccc23)c1O. The molecule has 23 heavy (non-hydrogen) atoms. The summed E-state index contributed by atoms with van der Waals surface area (Å²) < 4.78 is 0. The van der Waals surface area contributed by atoms with E-state index in [0.29, 0.717) is 5.39 Å². The van der Waals surface area contributed by atoms with Gasteiger partial charge in [-0.2, -0.15) is 0 Å². The lowest BCUT2D eigenvalue weighted by atomic mass is 10.1. The van der Waals surface area contributed by atoms with Crippen LogP contribution in [0.4, 0.5) is 17.1 Å². The lowest BCUT2D eigenvalue weighted by Crippen LogP contribution is -1.87. The van der Waals surface area contributed by atoms with Gasteiger partial charge in [0, 0.05) is 11.5 Å². The summed E-state index contributed by atoms with van der Waals surface area (Å²) in [5.74, 6) is -0.640. The second kappa shape index (κ2) is 5.72. The van der Waals surface area contributed by atoms with Crippen molar-refractivity contribution in [3.63, 3.8) is 0 Å². The zero-order valence-corrected chi connectivity index (χ0v) is 11.7. The molecular weight excluding hydrogens is 298 g/mol. The number of fused-ring (bicyclic) bond motifs is 1. The van der Waals surface area contributed by atoms with Crippen LogP contribution in [0.1, 0.15) is 0 Å². The quantitative estimate of drug-likeness (QED) is 0.419. The number of hydrogen-bond donors (Lipinski definition) is 2. The fourth-order valence-electron chi connectivity index (χ4n) is 2.20. The molecular formula is C16H11N3O4. The average molecular weight is 309 g/mol. The van der Waals surface area contributed by atoms with Crippen molar-refractivity contribution in [1.82, 2.24) is 0 Å². The van der Waals surface area contributed by atoms with Gasteiger partial charge in [0.25, 0.3) is 0 Å². The molecule has 3 rings (SSSR count). The number of aromatic hydroxyl groups is 2. The first kappa shape index (κ1) is 14.5. The van der Waals surface area contributed by atoms with Crippen LogP contribution in [0.3, 0.4) is 0 Å². The van der Waals surface area contributed by atoms with E-state index in [2.05, 4.69) is 10.2 Å². The molecule has 3 aromatic rings. The van der Waals surface area contributed by atoms with Crippen molar-refractivity contribution in [2.75, 3.05) is 0 Å². The van der Waals surface area contributed by atoms with Crippen LogP contribution in [-0.4, -0.2) is 15.1 Å². The molecule has 0 amide bonds. The first-order chi connectivity index (χ1) is 11.1. The van der Waals surface area contributed by atoms with E-state index < -0.39 is 16.4 Å². The third kappa shape index (κ3) is 2.67. The minimum absolute atomic E-state index is 0.0495. The van der Waals surface area contributed by atoms with Gasteiger partial charge in [-0.05, 0) is 17.5 Å². The second-order valence-corrected chi connectivity index (χ2v) is 4.76. The van der Waals surface area contributed by atoms with Crippen molar-refractivity contribution in [3.05, 3.63) is 64.7 Å². The maximum Gasteiger partial charge on any atom is 0.313 e. The first-order valence-corrected chi connectivity index (χ1v) is 6.67. The van der Waals surface area contributed by atoms with E-state index in [-0.39, 0.29) is 17.1 Å². The Morgan fingerprint density at radius 1 is 0.913 bits per heavy atom. The summed E-state index contributed by atoms with van der Waals surface area (Å²) in [4.78, 5) is 10.1. The van der Waals surface area contributed by atoms with Gasteiger partial charge in [0.1, 0.15) is 17.1 Å². The normalized spacial score (nSPS) is 11.1. The Labute approximate surface area is 130 Å². The van der Waals surface area contributed by atoms with E-state index in [4.69, 9.17) is 0 Å². The highest BCUT2D eigenvalue weighted by Gasteiger charge is 2.16. The fourth-order valence-corrected chi connectivity index (χ4v) is 2.20. The molecule has 0 aliphatic rings. The van der Waals surface area contributed by atoms with Gasteiger partial charge < -0.3 is 10.2 Å². The summed E-state index contributed by atoms with van der Waals surface area (Å²) in [6.45, 7) is 0. The summed E-state index contributed by atoms with van der Waals surface area (Å²) in [7, 11) is 0. The van der Waals surface area contributed by atoms with E-state index in [1.54, 1.807) is 18.2 Å². The van der Waals surface area contributed by atoms with Crippen molar-refractivity contribution in [3.8, 4) is 11.5 Å². The summed E-state index contributed by atoms with van der Waals surface area (Å²) in [5, 5.41) is 40.0. The zero-order chi connectivity index (χ0) is 16.4. The molecule has 0 atom stereocenters. The van der Waals surface area contributed by atoms with Crippen LogP contribution in [-0.2, 0) is 0 Å². The van der Waals surface area contributed by atoms with E-state index in [9.17, 15) is 20.3 Å². The van der Waals surface area contributed by atoms with Crippen molar-refractivity contribution < 1.29 is 15.1 Å². The van der Waals surface area contributed by atoms with Gasteiger partial charge in [-0.15, -0.1) is 10.2 Å². The Morgan fingerprint density at radius 3 is 2.48 bits per heavy atom. The van der Waals surface area contributed by atoms with Crippen LogP contribution in [0, 0.1) is 10.1 Å². The Balaban J connectivity index is 2.10. The van der Waals surface area contributed by atoms with Gasteiger partial charge in [-0.1, -0.05) is 36.4 Å². The van der Waals surface area contributed by atoms with Crippen molar-refractivity contribution in [2.24, 2.45) is 10.2 Å².